The number of hydrazine groups is 1. The van der Waals surface area contributed by atoms with E-state index in [1.165, 1.54) is 25.0 Å². The van der Waals surface area contributed by atoms with E-state index < -0.39 is 5.91 Å². The number of phenols is 1. The number of aryl methyl sites for hydroxylation is 1. The Balaban J connectivity index is 1.45. The summed E-state index contributed by atoms with van der Waals surface area (Å²) in [6.45, 7) is 0. The maximum absolute atomic E-state index is 12.0. The van der Waals surface area contributed by atoms with Crippen LogP contribution in [0.1, 0.15) is 48.0 Å². The second kappa shape index (κ2) is 9.07. The Hall–Kier alpha value is -3.02. The Kier molecular flexibility index (Phi) is 6.30. The lowest BCUT2D eigenvalue weighted by atomic mass is 10.1. The number of hydrogen-bond acceptors (Lipinski definition) is 4. The van der Waals surface area contributed by atoms with Crippen molar-refractivity contribution in [2.75, 3.05) is 0 Å². The molecule has 0 atom stereocenters. The van der Waals surface area contributed by atoms with Crippen LogP contribution in [0.4, 0.5) is 0 Å². The Morgan fingerprint density at radius 1 is 1.04 bits per heavy atom. The fraction of sp³-hybridized carbons (Fsp3) is 0.333. The number of hydrogen-bond donors (Lipinski definition) is 3. The molecule has 27 heavy (non-hydrogen) atoms. The molecule has 3 N–H and O–H groups in total. The van der Waals surface area contributed by atoms with Crippen molar-refractivity contribution in [1.29, 1.82) is 0 Å². The Morgan fingerprint density at radius 3 is 2.59 bits per heavy atom. The molecule has 142 valence electrons. The fourth-order valence-electron chi connectivity index (χ4n) is 3.15. The SMILES string of the molecule is O=C(CCc1cccc(OC2CCCC2)c1)NNC(=O)c1ccccc1O. The predicted octanol–water partition coefficient (Wildman–Crippen LogP) is 3.11. The van der Waals surface area contributed by atoms with Crippen molar-refractivity contribution in [3.63, 3.8) is 0 Å². The summed E-state index contributed by atoms with van der Waals surface area (Å²) < 4.78 is 5.98. The molecule has 1 aliphatic carbocycles. The standard InChI is InChI=1S/C21H24N2O4/c24-19-11-4-3-10-18(19)21(26)23-22-20(25)13-12-15-6-5-9-17(14-15)27-16-7-1-2-8-16/h3-6,9-11,14,16,24H,1-2,7-8,12-13H2,(H,22,25)(H,23,26). The van der Waals surface area contributed by atoms with Gasteiger partial charge in [0.15, 0.2) is 0 Å². The van der Waals surface area contributed by atoms with Gasteiger partial charge in [-0.2, -0.15) is 0 Å². The van der Waals surface area contributed by atoms with Crippen LogP contribution in [-0.2, 0) is 11.2 Å². The van der Waals surface area contributed by atoms with Crippen molar-refractivity contribution in [1.82, 2.24) is 10.9 Å². The number of carbonyl (C=O) groups excluding carboxylic acids is 2. The quantitative estimate of drug-likeness (QED) is 0.684. The number of phenolic OH excluding ortho intramolecular Hbond substituents is 1. The zero-order chi connectivity index (χ0) is 19.1. The van der Waals surface area contributed by atoms with E-state index in [-0.39, 0.29) is 23.6 Å². The predicted molar refractivity (Wildman–Crippen MR) is 101 cm³/mol. The maximum Gasteiger partial charge on any atom is 0.273 e. The van der Waals surface area contributed by atoms with Crippen molar-refractivity contribution >= 4 is 11.8 Å². The van der Waals surface area contributed by atoms with Crippen LogP contribution in [-0.4, -0.2) is 23.0 Å². The Morgan fingerprint density at radius 2 is 1.81 bits per heavy atom. The van der Waals surface area contributed by atoms with Gasteiger partial charge in [0.1, 0.15) is 11.5 Å². The van der Waals surface area contributed by atoms with Crippen LogP contribution in [0, 0.1) is 0 Å². The highest BCUT2D eigenvalue weighted by atomic mass is 16.5. The molecule has 0 spiro atoms. The maximum atomic E-state index is 12.0. The lowest BCUT2D eigenvalue weighted by Crippen LogP contribution is -2.41. The summed E-state index contributed by atoms with van der Waals surface area (Å²) in [5.74, 6) is -0.162. The first-order valence-corrected chi connectivity index (χ1v) is 9.24. The summed E-state index contributed by atoms with van der Waals surface area (Å²) >= 11 is 0. The van der Waals surface area contributed by atoms with Gasteiger partial charge in [-0.1, -0.05) is 24.3 Å². The number of ether oxygens (including phenoxy) is 1. The third-order valence-electron chi connectivity index (χ3n) is 4.61. The number of para-hydroxylation sites is 1. The number of rotatable bonds is 6. The first-order chi connectivity index (χ1) is 13.1. The number of carbonyl (C=O) groups is 2. The second-order valence-corrected chi connectivity index (χ2v) is 6.69. The minimum Gasteiger partial charge on any atom is -0.507 e. The van der Waals surface area contributed by atoms with E-state index in [1.54, 1.807) is 12.1 Å². The van der Waals surface area contributed by atoms with Gasteiger partial charge in [-0.3, -0.25) is 20.4 Å². The monoisotopic (exact) mass is 368 g/mol. The third-order valence-corrected chi connectivity index (χ3v) is 4.61. The van der Waals surface area contributed by atoms with E-state index in [4.69, 9.17) is 4.74 Å². The normalized spacial score (nSPS) is 13.9. The van der Waals surface area contributed by atoms with Crippen LogP contribution in [0.2, 0.25) is 0 Å². The van der Waals surface area contributed by atoms with E-state index in [0.717, 1.165) is 24.2 Å². The lowest BCUT2D eigenvalue weighted by molar-refractivity contribution is -0.121. The molecular formula is C21H24N2O4. The van der Waals surface area contributed by atoms with Crippen LogP contribution in [0.5, 0.6) is 11.5 Å². The molecule has 1 aliphatic rings. The highest BCUT2D eigenvalue weighted by molar-refractivity contribution is 5.97. The summed E-state index contributed by atoms with van der Waals surface area (Å²) in [7, 11) is 0. The van der Waals surface area contributed by atoms with Gasteiger partial charge in [-0.05, 0) is 61.9 Å². The molecule has 3 rings (SSSR count). The average molecular weight is 368 g/mol. The highest BCUT2D eigenvalue weighted by Gasteiger charge is 2.16. The van der Waals surface area contributed by atoms with E-state index in [9.17, 15) is 14.7 Å². The molecule has 0 bridgehead atoms. The van der Waals surface area contributed by atoms with Gasteiger partial charge in [-0.25, -0.2) is 0 Å². The van der Waals surface area contributed by atoms with Gasteiger partial charge in [0.05, 0.1) is 11.7 Å². The van der Waals surface area contributed by atoms with Crippen molar-refractivity contribution in [2.45, 2.75) is 44.6 Å². The van der Waals surface area contributed by atoms with Gasteiger partial charge >= 0.3 is 0 Å². The van der Waals surface area contributed by atoms with Crippen LogP contribution in [0.25, 0.3) is 0 Å². The van der Waals surface area contributed by atoms with E-state index >= 15 is 0 Å². The summed E-state index contributed by atoms with van der Waals surface area (Å²) in [5.41, 5.74) is 5.80. The largest absolute Gasteiger partial charge is 0.507 e. The molecule has 0 unspecified atom stereocenters. The molecule has 0 saturated heterocycles. The molecule has 1 fully saturated rings. The zero-order valence-electron chi connectivity index (χ0n) is 15.1. The number of benzene rings is 2. The van der Waals surface area contributed by atoms with Crippen LogP contribution < -0.4 is 15.6 Å². The van der Waals surface area contributed by atoms with Crippen molar-refractivity contribution in [3.8, 4) is 11.5 Å². The Bertz CT molecular complexity index is 800. The lowest BCUT2D eigenvalue weighted by Gasteiger charge is -2.14. The van der Waals surface area contributed by atoms with E-state index in [2.05, 4.69) is 10.9 Å². The molecule has 0 aromatic heterocycles. The van der Waals surface area contributed by atoms with Crippen LogP contribution >= 0.6 is 0 Å². The highest BCUT2D eigenvalue weighted by Crippen LogP contribution is 2.24. The van der Waals surface area contributed by atoms with Gasteiger partial charge in [0.25, 0.3) is 5.91 Å². The van der Waals surface area contributed by atoms with Gasteiger partial charge in [0.2, 0.25) is 5.91 Å². The smallest absolute Gasteiger partial charge is 0.273 e. The minimum absolute atomic E-state index is 0.106. The molecular weight excluding hydrogens is 344 g/mol. The number of aromatic hydroxyl groups is 1. The molecule has 6 heteroatoms. The molecule has 2 amide bonds. The number of amides is 2. The van der Waals surface area contributed by atoms with E-state index in [1.807, 2.05) is 24.3 Å². The van der Waals surface area contributed by atoms with Crippen molar-refractivity contribution < 1.29 is 19.4 Å². The van der Waals surface area contributed by atoms with Crippen LogP contribution in [0.3, 0.4) is 0 Å². The molecule has 0 aliphatic heterocycles. The molecule has 0 heterocycles. The van der Waals surface area contributed by atoms with Gasteiger partial charge < -0.3 is 9.84 Å². The molecule has 2 aromatic carbocycles. The first kappa shape index (κ1) is 18.8. The fourth-order valence-corrected chi connectivity index (χ4v) is 3.15. The van der Waals surface area contributed by atoms with Gasteiger partial charge in [-0.15, -0.1) is 0 Å². The van der Waals surface area contributed by atoms with Crippen molar-refractivity contribution in [2.24, 2.45) is 0 Å². The summed E-state index contributed by atoms with van der Waals surface area (Å²) in [4.78, 5) is 23.9. The van der Waals surface area contributed by atoms with E-state index in [0.29, 0.717) is 12.5 Å². The topological polar surface area (TPSA) is 87.7 Å². The van der Waals surface area contributed by atoms with Crippen LogP contribution in [0.15, 0.2) is 48.5 Å². The molecule has 1 saturated carbocycles. The first-order valence-electron chi connectivity index (χ1n) is 9.24. The number of nitrogens with one attached hydrogen (secondary N) is 2. The summed E-state index contributed by atoms with van der Waals surface area (Å²) in [5, 5.41) is 9.64. The third kappa shape index (κ3) is 5.48. The summed E-state index contributed by atoms with van der Waals surface area (Å²) in [6, 6.07) is 13.9. The van der Waals surface area contributed by atoms with Crippen molar-refractivity contribution in [3.05, 3.63) is 59.7 Å². The molecule has 2 aromatic rings. The summed E-state index contributed by atoms with van der Waals surface area (Å²) in [6.07, 6.45) is 5.71. The molecule has 6 nitrogen and oxygen atoms in total. The average Bonchev–Trinajstić information content (AvgIpc) is 3.18. The molecule has 0 radical (unpaired) electrons. The Labute approximate surface area is 158 Å². The van der Waals surface area contributed by atoms with Gasteiger partial charge in [0, 0.05) is 6.42 Å². The minimum atomic E-state index is -0.562. The zero-order valence-corrected chi connectivity index (χ0v) is 15.1. The second-order valence-electron chi connectivity index (χ2n) is 6.69.